The summed E-state index contributed by atoms with van der Waals surface area (Å²) in [6.45, 7) is 4.73. The highest BCUT2D eigenvalue weighted by molar-refractivity contribution is 6.22. The van der Waals surface area contributed by atoms with Crippen LogP contribution in [0.1, 0.15) is 25.0 Å². The number of furan rings is 1. The minimum atomic E-state index is -0.0594. The SMILES string of the molecule is CC1(C)c2ccccc2-c2ccc(-c3c4ccccc4c(-c4ccc(-c5cccc6oc7cc8ccccc8cc7c56)cc4)c4ccccc34)cc21. The third kappa shape index (κ3) is 4.11. The van der Waals surface area contributed by atoms with E-state index in [1.54, 1.807) is 0 Å². The molecule has 0 saturated heterocycles. The predicted molar refractivity (Wildman–Crippen MR) is 220 cm³/mol. The van der Waals surface area contributed by atoms with Crippen LogP contribution < -0.4 is 0 Å². The van der Waals surface area contributed by atoms with Crippen molar-refractivity contribution in [2.24, 2.45) is 0 Å². The van der Waals surface area contributed by atoms with Gasteiger partial charge in [0.2, 0.25) is 0 Å². The van der Waals surface area contributed by atoms with Gasteiger partial charge in [0.15, 0.2) is 0 Å². The number of hydrogen-bond acceptors (Lipinski definition) is 1. The van der Waals surface area contributed by atoms with E-state index in [9.17, 15) is 0 Å². The quantitative estimate of drug-likeness (QED) is 0.172. The molecule has 0 fully saturated rings. The van der Waals surface area contributed by atoms with E-state index in [4.69, 9.17) is 4.42 Å². The number of fused-ring (bicyclic) bond motifs is 9. The minimum absolute atomic E-state index is 0.0594. The molecule has 1 aromatic heterocycles. The van der Waals surface area contributed by atoms with Gasteiger partial charge in [0.05, 0.1) is 0 Å². The molecule has 9 aromatic carbocycles. The van der Waals surface area contributed by atoms with Crippen LogP contribution in [0.15, 0.2) is 174 Å². The molecule has 0 saturated carbocycles. The molecule has 1 heteroatoms. The van der Waals surface area contributed by atoms with Crippen LogP contribution in [-0.4, -0.2) is 0 Å². The summed E-state index contributed by atoms with van der Waals surface area (Å²) in [5.41, 5.74) is 14.7. The van der Waals surface area contributed by atoms with Gasteiger partial charge in [-0.25, -0.2) is 0 Å². The molecule has 1 nitrogen and oxygen atoms in total. The van der Waals surface area contributed by atoms with Gasteiger partial charge in [-0.05, 0) is 112 Å². The maximum absolute atomic E-state index is 6.41. The molecule has 11 rings (SSSR count). The molecule has 0 aliphatic heterocycles. The van der Waals surface area contributed by atoms with E-state index in [2.05, 4.69) is 184 Å². The molecule has 0 N–H and O–H groups in total. The molecule has 10 aromatic rings. The third-order valence-corrected chi connectivity index (χ3v) is 11.7. The van der Waals surface area contributed by atoms with Crippen LogP contribution in [0.2, 0.25) is 0 Å². The van der Waals surface area contributed by atoms with E-state index in [-0.39, 0.29) is 5.41 Å². The molecule has 0 bridgehead atoms. The summed E-state index contributed by atoms with van der Waals surface area (Å²) in [4.78, 5) is 0. The van der Waals surface area contributed by atoms with Crippen molar-refractivity contribution < 1.29 is 4.42 Å². The summed E-state index contributed by atoms with van der Waals surface area (Å²) in [6, 6.07) is 62.4. The topological polar surface area (TPSA) is 13.1 Å². The molecule has 1 heterocycles. The van der Waals surface area contributed by atoms with Gasteiger partial charge < -0.3 is 4.42 Å². The molecule has 0 spiro atoms. The monoisotopic (exact) mass is 662 g/mol. The normalized spacial score (nSPS) is 13.3. The Morgan fingerprint density at radius 3 is 1.62 bits per heavy atom. The van der Waals surface area contributed by atoms with Gasteiger partial charge in [-0.2, -0.15) is 0 Å². The van der Waals surface area contributed by atoms with Crippen LogP contribution in [0.4, 0.5) is 0 Å². The lowest BCUT2D eigenvalue weighted by Crippen LogP contribution is -2.14. The fraction of sp³-hybridized carbons (Fsp3) is 0.0588. The maximum Gasteiger partial charge on any atom is 0.136 e. The summed E-state index contributed by atoms with van der Waals surface area (Å²) in [7, 11) is 0. The summed E-state index contributed by atoms with van der Waals surface area (Å²) in [6.07, 6.45) is 0. The van der Waals surface area contributed by atoms with Gasteiger partial charge in [-0.15, -0.1) is 0 Å². The molecule has 0 atom stereocenters. The number of rotatable bonds is 3. The Labute approximate surface area is 302 Å². The van der Waals surface area contributed by atoms with Crippen molar-refractivity contribution in [2.45, 2.75) is 19.3 Å². The van der Waals surface area contributed by atoms with Crippen molar-refractivity contribution >= 4 is 54.3 Å². The largest absolute Gasteiger partial charge is 0.456 e. The maximum atomic E-state index is 6.41. The first-order chi connectivity index (χ1) is 25.5. The van der Waals surface area contributed by atoms with E-state index in [1.807, 2.05) is 0 Å². The van der Waals surface area contributed by atoms with Gasteiger partial charge >= 0.3 is 0 Å². The highest BCUT2D eigenvalue weighted by Gasteiger charge is 2.35. The van der Waals surface area contributed by atoms with Gasteiger partial charge in [0.1, 0.15) is 11.2 Å². The molecular weight excluding hydrogens is 629 g/mol. The lowest BCUT2D eigenvalue weighted by Gasteiger charge is -2.23. The van der Waals surface area contributed by atoms with Crippen molar-refractivity contribution in [1.82, 2.24) is 0 Å². The summed E-state index contributed by atoms with van der Waals surface area (Å²) < 4.78 is 6.41. The number of benzene rings is 9. The molecule has 0 unspecified atom stereocenters. The summed E-state index contributed by atoms with van der Waals surface area (Å²) >= 11 is 0. The van der Waals surface area contributed by atoms with Crippen molar-refractivity contribution in [3.8, 4) is 44.5 Å². The lowest BCUT2D eigenvalue weighted by molar-refractivity contribution is 0.660. The second kappa shape index (κ2) is 10.8. The average Bonchev–Trinajstić information content (AvgIpc) is 3.67. The van der Waals surface area contributed by atoms with Crippen LogP contribution >= 0.6 is 0 Å². The zero-order valence-corrected chi connectivity index (χ0v) is 29.1. The Morgan fingerprint density at radius 2 is 0.904 bits per heavy atom. The van der Waals surface area contributed by atoms with Crippen LogP contribution in [0.25, 0.3) is 98.8 Å². The predicted octanol–water partition coefficient (Wildman–Crippen LogP) is 14.4. The van der Waals surface area contributed by atoms with E-state index in [1.165, 1.54) is 88.0 Å². The Kier molecular flexibility index (Phi) is 6.08. The Bertz CT molecular complexity index is 3030. The van der Waals surface area contributed by atoms with Gasteiger partial charge in [-0.3, -0.25) is 0 Å². The van der Waals surface area contributed by atoms with Gasteiger partial charge in [0.25, 0.3) is 0 Å². The minimum Gasteiger partial charge on any atom is -0.456 e. The van der Waals surface area contributed by atoms with Crippen LogP contribution in [0.3, 0.4) is 0 Å². The van der Waals surface area contributed by atoms with Crippen LogP contribution in [0.5, 0.6) is 0 Å². The molecule has 0 amide bonds. The van der Waals surface area contributed by atoms with Crippen molar-refractivity contribution in [3.63, 3.8) is 0 Å². The fourth-order valence-electron chi connectivity index (χ4n) is 9.18. The Balaban J connectivity index is 1.08. The molecule has 0 radical (unpaired) electrons. The van der Waals surface area contributed by atoms with E-state index >= 15 is 0 Å². The Morgan fingerprint density at radius 1 is 0.365 bits per heavy atom. The van der Waals surface area contributed by atoms with Gasteiger partial charge in [0, 0.05) is 16.2 Å². The third-order valence-electron chi connectivity index (χ3n) is 11.7. The van der Waals surface area contributed by atoms with Crippen LogP contribution in [-0.2, 0) is 5.41 Å². The van der Waals surface area contributed by atoms with E-state index in [0.29, 0.717) is 0 Å². The standard InChI is InChI=1S/C51H34O/c1-51(2)44-20-10-9-14-37(44)38-27-26-35(29-45(38)51)49-41-17-7-5-15-39(41)48(40-16-6-8-18-42(40)49)32-24-22-31(23-25-32)36-19-11-21-46-50(36)43-28-33-12-3-4-13-34(33)30-47(43)52-46/h3-30H,1-2H3. The number of hydrogen-bond donors (Lipinski definition) is 0. The molecule has 52 heavy (non-hydrogen) atoms. The smallest absolute Gasteiger partial charge is 0.136 e. The second-order valence-electron chi connectivity index (χ2n) is 14.8. The lowest BCUT2D eigenvalue weighted by atomic mass is 9.80. The van der Waals surface area contributed by atoms with Crippen molar-refractivity contribution in [3.05, 3.63) is 181 Å². The average molecular weight is 663 g/mol. The molecule has 1 aliphatic carbocycles. The highest BCUT2D eigenvalue weighted by atomic mass is 16.3. The van der Waals surface area contributed by atoms with Crippen molar-refractivity contribution in [1.29, 1.82) is 0 Å². The zero-order chi connectivity index (χ0) is 34.6. The first kappa shape index (κ1) is 29.3. The fourth-order valence-corrected chi connectivity index (χ4v) is 9.18. The van der Waals surface area contributed by atoms with Crippen LogP contribution in [0, 0.1) is 0 Å². The summed E-state index contributed by atoms with van der Waals surface area (Å²) in [5.74, 6) is 0. The second-order valence-corrected chi connectivity index (χ2v) is 14.8. The Hall–Kier alpha value is -6.44. The van der Waals surface area contributed by atoms with E-state index in [0.717, 1.165) is 21.9 Å². The molecular formula is C51H34O. The molecule has 1 aliphatic rings. The first-order valence-corrected chi connectivity index (χ1v) is 18.2. The van der Waals surface area contributed by atoms with Crippen molar-refractivity contribution in [2.75, 3.05) is 0 Å². The van der Waals surface area contributed by atoms with Gasteiger partial charge in [-0.1, -0.05) is 159 Å². The summed E-state index contributed by atoms with van der Waals surface area (Å²) in [5, 5.41) is 9.81. The molecule has 244 valence electrons. The zero-order valence-electron chi connectivity index (χ0n) is 29.1. The first-order valence-electron chi connectivity index (χ1n) is 18.2. The highest BCUT2D eigenvalue weighted by Crippen LogP contribution is 2.51. The van der Waals surface area contributed by atoms with E-state index < -0.39 is 0 Å².